The van der Waals surface area contributed by atoms with Crippen LogP contribution in [0.15, 0.2) is 24.3 Å². The van der Waals surface area contributed by atoms with E-state index >= 15 is 0 Å². The Kier molecular flexibility index (Phi) is 36.5. The number of nitrogens with one attached hydrogen (secondary N) is 1. The van der Waals surface area contributed by atoms with Gasteiger partial charge in [0.05, 0.1) is 0 Å². The van der Waals surface area contributed by atoms with E-state index in [2.05, 4.69) is 43.5 Å². The van der Waals surface area contributed by atoms with Crippen LogP contribution in [0, 0.1) is 0 Å². The minimum Gasteiger partial charge on any atom is -0.480 e. The molecule has 0 aromatic heterocycles. The number of hydrogen-bond donors (Lipinski definition) is 3. The highest BCUT2D eigenvalue weighted by molar-refractivity contribution is 5.83. The van der Waals surface area contributed by atoms with Crippen molar-refractivity contribution in [1.29, 1.82) is 0 Å². The van der Waals surface area contributed by atoms with E-state index in [0.717, 1.165) is 77.0 Å². The molecule has 4 N–H and O–H groups in total. The summed E-state index contributed by atoms with van der Waals surface area (Å²) in [5.41, 5.74) is 5.48. The SMILES string of the molecule is CCCCC/C=C\C/C=C\CCCC(CCCCCCCC(=O)NC(CCCN)C(=O)O)OC(=O)CCCCCCCCCCCCCCC. The van der Waals surface area contributed by atoms with Crippen LogP contribution >= 0.6 is 0 Å². The number of rotatable bonds is 38. The Labute approximate surface area is 308 Å². The third-order valence-electron chi connectivity index (χ3n) is 9.52. The van der Waals surface area contributed by atoms with Crippen LogP contribution in [0.5, 0.6) is 0 Å². The molecule has 0 aromatic rings. The van der Waals surface area contributed by atoms with Gasteiger partial charge in [-0.05, 0) is 83.6 Å². The first-order valence-electron chi connectivity index (χ1n) is 21.2. The molecule has 0 aromatic carbocycles. The summed E-state index contributed by atoms with van der Waals surface area (Å²) in [6, 6.07) is -0.858. The van der Waals surface area contributed by atoms with Crippen molar-refractivity contribution in [3.8, 4) is 0 Å². The summed E-state index contributed by atoms with van der Waals surface area (Å²) in [5, 5.41) is 11.9. The number of carbonyl (C=O) groups is 3. The molecule has 7 heteroatoms. The molecular formula is C43H80N2O5. The van der Waals surface area contributed by atoms with Gasteiger partial charge in [0, 0.05) is 12.8 Å². The lowest BCUT2D eigenvalue weighted by atomic mass is 10.0. The Morgan fingerprint density at radius 1 is 0.580 bits per heavy atom. The summed E-state index contributed by atoms with van der Waals surface area (Å²) in [6.45, 7) is 4.91. The number of allylic oxidation sites excluding steroid dienone is 4. The monoisotopic (exact) mass is 705 g/mol. The normalized spacial score (nSPS) is 12.9. The molecule has 1 amide bonds. The van der Waals surface area contributed by atoms with Gasteiger partial charge in [0.1, 0.15) is 12.1 Å². The Hall–Kier alpha value is -2.15. The van der Waals surface area contributed by atoms with E-state index in [0.29, 0.717) is 32.2 Å². The van der Waals surface area contributed by atoms with E-state index in [9.17, 15) is 19.5 Å². The maximum atomic E-state index is 12.7. The second-order valence-electron chi connectivity index (χ2n) is 14.4. The lowest BCUT2D eigenvalue weighted by Crippen LogP contribution is -2.40. The number of nitrogens with two attached hydrogens (primary N) is 1. The second kappa shape index (κ2) is 38.1. The molecule has 0 bridgehead atoms. The highest BCUT2D eigenvalue weighted by atomic mass is 16.5. The van der Waals surface area contributed by atoms with E-state index in [4.69, 9.17) is 10.5 Å². The van der Waals surface area contributed by atoms with Gasteiger partial charge in [-0.2, -0.15) is 0 Å². The van der Waals surface area contributed by atoms with Gasteiger partial charge in [-0.1, -0.05) is 147 Å². The van der Waals surface area contributed by atoms with Gasteiger partial charge < -0.3 is 20.9 Å². The van der Waals surface area contributed by atoms with Crippen LogP contribution in [0.2, 0.25) is 0 Å². The highest BCUT2D eigenvalue weighted by Crippen LogP contribution is 2.18. The van der Waals surface area contributed by atoms with E-state index in [1.54, 1.807) is 0 Å². The maximum Gasteiger partial charge on any atom is 0.326 e. The summed E-state index contributed by atoms with van der Waals surface area (Å²) in [7, 11) is 0. The number of carboxylic acids is 1. The zero-order valence-corrected chi connectivity index (χ0v) is 32.7. The van der Waals surface area contributed by atoms with Gasteiger partial charge in [-0.15, -0.1) is 0 Å². The lowest BCUT2D eigenvalue weighted by molar-refractivity contribution is -0.150. The van der Waals surface area contributed by atoms with Gasteiger partial charge in [0.2, 0.25) is 5.91 Å². The summed E-state index contributed by atoms with van der Waals surface area (Å²) in [6.07, 6.45) is 42.2. The zero-order chi connectivity index (χ0) is 36.8. The predicted molar refractivity (Wildman–Crippen MR) is 211 cm³/mol. The highest BCUT2D eigenvalue weighted by Gasteiger charge is 2.19. The number of carboxylic acid groups (broad SMARTS) is 1. The minimum atomic E-state index is -1.01. The predicted octanol–water partition coefficient (Wildman–Crippen LogP) is 11.7. The van der Waals surface area contributed by atoms with E-state index in [1.807, 2.05) is 0 Å². The minimum absolute atomic E-state index is 0.0245. The molecule has 2 atom stereocenters. The number of unbranched alkanes of at least 4 members (excludes halogenated alkanes) is 20. The number of ether oxygens (including phenoxy) is 1. The average molecular weight is 705 g/mol. The van der Waals surface area contributed by atoms with Crippen LogP contribution in [0.3, 0.4) is 0 Å². The molecular weight excluding hydrogens is 624 g/mol. The Morgan fingerprint density at radius 3 is 1.62 bits per heavy atom. The first-order valence-corrected chi connectivity index (χ1v) is 21.2. The first-order chi connectivity index (χ1) is 24.4. The third kappa shape index (κ3) is 34.3. The smallest absolute Gasteiger partial charge is 0.326 e. The van der Waals surface area contributed by atoms with Crippen molar-refractivity contribution in [2.75, 3.05) is 6.54 Å². The fourth-order valence-electron chi connectivity index (χ4n) is 6.31. The van der Waals surface area contributed by atoms with Crippen molar-refractivity contribution < 1.29 is 24.2 Å². The van der Waals surface area contributed by atoms with Crippen LogP contribution in [-0.4, -0.2) is 41.6 Å². The van der Waals surface area contributed by atoms with Crippen LogP contribution in [0.1, 0.15) is 213 Å². The average Bonchev–Trinajstić information content (AvgIpc) is 3.10. The molecule has 0 saturated heterocycles. The summed E-state index contributed by atoms with van der Waals surface area (Å²) in [5.74, 6) is -1.26. The van der Waals surface area contributed by atoms with Crippen molar-refractivity contribution >= 4 is 17.8 Å². The number of esters is 1. The molecule has 0 spiro atoms. The second-order valence-corrected chi connectivity index (χ2v) is 14.4. The van der Waals surface area contributed by atoms with E-state index < -0.39 is 12.0 Å². The molecule has 0 fully saturated rings. The van der Waals surface area contributed by atoms with Gasteiger partial charge in [-0.25, -0.2) is 4.79 Å². The fourth-order valence-corrected chi connectivity index (χ4v) is 6.31. The molecule has 292 valence electrons. The standard InChI is InChI=1S/C43H80N2O5/c1-3-5-7-9-11-13-15-16-18-20-22-27-31-37-42(47)50-39(33-28-24-21-19-17-14-12-10-8-6-4-2)34-29-25-23-26-30-36-41(46)45-40(43(48)49)35-32-38-44/h12,14,19,21,39-40H,3-11,13,15-18,20,22-38,44H2,1-2H3,(H,45,46)(H,48,49)/b14-12-,21-19-. The van der Waals surface area contributed by atoms with Crippen molar-refractivity contribution in [1.82, 2.24) is 5.32 Å². The van der Waals surface area contributed by atoms with Crippen LogP contribution < -0.4 is 11.1 Å². The van der Waals surface area contributed by atoms with Crippen molar-refractivity contribution in [3.63, 3.8) is 0 Å². The van der Waals surface area contributed by atoms with Gasteiger partial charge in [-0.3, -0.25) is 9.59 Å². The van der Waals surface area contributed by atoms with Crippen LogP contribution in [0.25, 0.3) is 0 Å². The molecule has 0 aliphatic carbocycles. The molecule has 0 radical (unpaired) electrons. The molecule has 0 rings (SSSR count). The number of hydrogen-bond acceptors (Lipinski definition) is 5. The Morgan fingerprint density at radius 2 is 1.06 bits per heavy atom. The molecule has 7 nitrogen and oxygen atoms in total. The molecule has 0 aliphatic rings. The first kappa shape index (κ1) is 47.8. The maximum absolute atomic E-state index is 12.7. The van der Waals surface area contributed by atoms with Gasteiger partial charge in [0.15, 0.2) is 0 Å². The van der Waals surface area contributed by atoms with Gasteiger partial charge in [0.25, 0.3) is 0 Å². The lowest BCUT2D eigenvalue weighted by Gasteiger charge is -2.18. The Bertz CT molecular complexity index is 843. The van der Waals surface area contributed by atoms with Crippen molar-refractivity contribution in [2.24, 2.45) is 5.73 Å². The van der Waals surface area contributed by atoms with Crippen molar-refractivity contribution in [2.45, 2.75) is 225 Å². The van der Waals surface area contributed by atoms with Crippen LogP contribution in [0.4, 0.5) is 0 Å². The quantitative estimate of drug-likeness (QED) is 0.0334. The molecule has 0 saturated carbocycles. The molecule has 0 heterocycles. The molecule has 50 heavy (non-hydrogen) atoms. The Balaban J connectivity index is 4.35. The van der Waals surface area contributed by atoms with Crippen LogP contribution in [-0.2, 0) is 19.1 Å². The number of amides is 1. The summed E-state index contributed by atoms with van der Waals surface area (Å²) < 4.78 is 6.01. The van der Waals surface area contributed by atoms with E-state index in [1.165, 1.54) is 96.3 Å². The van der Waals surface area contributed by atoms with Gasteiger partial charge >= 0.3 is 11.9 Å². The topological polar surface area (TPSA) is 119 Å². The molecule has 2 unspecified atom stereocenters. The summed E-state index contributed by atoms with van der Waals surface area (Å²) >= 11 is 0. The zero-order valence-electron chi connectivity index (χ0n) is 32.7. The number of aliphatic carboxylic acids is 1. The third-order valence-corrected chi connectivity index (χ3v) is 9.52. The number of carbonyl (C=O) groups excluding carboxylic acids is 2. The van der Waals surface area contributed by atoms with E-state index in [-0.39, 0.29) is 18.0 Å². The largest absolute Gasteiger partial charge is 0.480 e. The van der Waals surface area contributed by atoms with Crippen molar-refractivity contribution in [3.05, 3.63) is 24.3 Å². The fraction of sp³-hybridized carbons (Fsp3) is 0.837. The summed E-state index contributed by atoms with van der Waals surface area (Å²) in [4.78, 5) is 36.3. The molecule has 0 aliphatic heterocycles.